The van der Waals surface area contributed by atoms with Crippen LogP contribution in [0.25, 0.3) is 0 Å². The number of aliphatic hydroxyl groups excluding tert-OH is 17. The van der Waals surface area contributed by atoms with Crippen LogP contribution < -0.4 is 0 Å². The van der Waals surface area contributed by atoms with Crippen LogP contribution >= 0.6 is 0 Å². The SMILES string of the molecule is CO[C@H]1[C@H](O)[C@@H](CO)OC(O[C@H]2[C@H](O)[C@@H](CO)OC(O[C@H]3[C@H](O)[C@@H](O)C(O[C@H]4C(O[C@H]5CC[C@]6(C)C7=CC(O)[C@]89C(=O)O[C@@](C)(CCCC(C)C)[C@H]8CC[C@@]9(C)[C@@H]7CC[C@H]6C5(C)C)OC[C@H](OC5O[C@H](CO)[C@@H](O)[C@H](OC6O[C@H](CO)[C@@H](O)[C@H](OC)[C@H]6O)[C@H]5O)[C@@H]4O)O[C@@H]3O)[C@@H]2O)[C@@H]1O. The van der Waals surface area contributed by atoms with Gasteiger partial charge in [0.25, 0.3) is 0 Å². The molecule has 17 N–H and O–H groups in total. The van der Waals surface area contributed by atoms with Gasteiger partial charge in [0, 0.05) is 20.1 Å². The van der Waals surface area contributed by atoms with E-state index in [1.54, 1.807) is 0 Å². The van der Waals surface area contributed by atoms with Crippen molar-refractivity contribution in [3.05, 3.63) is 11.6 Å². The molecule has 10 fully saturated rings. The minimum absolute atomic E-state index is 0.0575. The van der Waals surface area contributed by atoms with E-state index in [2.05, 4.69) is 27.7 Å². The first-order chi connectivity index (χ1) is 46.8. The third-order valence-corrected chi connectivity index (χ3v) is 24.6. The number of cyclic esters (lactones) is 1. The van der Waals surface area contributed by atoms with Gasteiger partial charge in [-0.25, -0.2) is 0 Å². The summed E-state index contributed by atoms with van der Waals surface area (Å²) in [5, 5.41) is 191. The smallest absolute Gasteiger partial charge is 0.316 e. The fourth-order valence-corrected chi connectivity index (χ4v) is 19.2. The number of hydrogen-bond acceptors (Lipinski definition) is 33. The molecule has 33 nitrogen and oxygen atoms in total. The van der Waals surface area contributed by atoms with Crippen LogP contribution in [0.5, 0.6) is 0 Å². The number of allylic oxidation sites excluding steroid dienone is 1. The fraction of sp³-hybridized carbons (Fsp3) is 0.955. The molecule has 11 rings (SSSR count). The highest BCUT2D eigenvalue weighted by Gasteiger charge is 2.79. The Hall–Kier alpha value is -2.03. The van der Waals surface area contributed by atoms with Crippen molar-refractivity contribution in [1.29, 1.82) is 0 Å². The van der Waals surface area contributed by atoms with Gasteiger partial charge < -0.3 is 158 Å². The van der Waals surface area contributed by atoms with Crippen molar-refractivity contribution in [3.8, 4) is 0 Å². The molecule has 0 amide bonds. The van der Waals surface area contributed by atoms with Crippen molar-refractivity contribution in [2.24, 2.45) is 45.3 Å². The summed E-state index contributed by atoms with van der Waals surface area (Å²) in [5.74, 6) is -0.218. The zero-order valence-corrected chi connectivity index (χ0v) is 57.3. The maximum atomic E-state index is 14.6. The Bertz CT molecular complexity index is 2740. The van der Waals surface area contributed by atoms with Gasteiger partial charge in [0.1, 0.15) is 145 Å². The third-order valence-electron chi connectivity index (χ3n) is 24.6. The van der Waals surface area contributed by atoms with E-state index in [9.17, 15) is 91.6 Å². The van der Waals surface area contributed by atoms with Crippen LogP contribution in [0.2, 0.25) is 0 Å². The Morgan fingerprint density at radius 3 is 1.47 bits per heavy atom. The lowest BCUT2D eigenvalue weighted by Gasteiger charge is -2.64. The molecule has 0 aromatic heterocycles. The van der Waals surface area contributed by atoms with E-state index in [0.29, 0.717) is 38.0 Å². The number of methoxy groups -OCH3 is 2. The van der Waals surface area contributed by atoms with Crippen molar-refractivity contribution in [1.82, 2.24) is 0 Å². The van der Waals surface area contributed by atoms with E-state index >= 15 is 0 Å². The predicted octanol–water partition coefficient (Wildman–Crippen LogP) is -5.10. The lowest BCUT2D eigenvalue weighted by molar-refractivity contribution is -0.413. The van der Waals surface area contributed by atoms with Gasteiger partial charge in [0.15, 0.2) is 44.0 Å². The molecule has 4 aliphatic carbocycles. The molecule has 0 radical (unpaired) electrons. The van der Waals surface area contributed by atoms with Crippen molar-refractivity contribution >= 4 is 5.97 Å². The maximum Gasteiger partial charge on any atom is 0.316 e. The second-order valence-corrected chi connectivity index (χ2v) is 30.9. The van der Waals surface area contributed by atoms with Gasteiger partial charge in [-0.1, -0.05) is 59.6 Å². The number of hydrogen-bond donors (Lipinski definition) is 17. The summed E-state index contributed by atoms with van der Waals surface area (Å²) in [4.78, 5) is 14.6. The van der Waals surface area contributed by atoms with E-state index in [1.807, 2.05) is 26.8 Å². The van der Waals surface area contributed by atoms with Gasteiger partial charge >= 0.3 is 5.97 Å². The van der Waals surface area contributed by atoms with Crippen LogP contribution in [0.15, 0.2) is 11.6 Å². The number of aliphatic hydroxyl groups is 17. The average molecular weight is 1430 g/mol. The minimum Gasteiger partial charge on any atom is -0.459 e. The third kappa shape index (κ3) is 13.5. The monoisotopic (exact) mass is 1430 g/mol. The van der Waals surface area contributed by atoms with Gasteiger partial charge in [-0.2, -0.15) is 0 Å². The molecule has 7 heterocycles. The van der Waals surface area contributed by atoms with Crippen molar-refractivity contribution < 1.29 is 163 Å². The quantitative estimate of drug-likeness (QED) is 0.0274. The van der Waals surface area contributed by atoms with E-state index in [4.69, 9.17) is 71.1 Å². The zero-order chi connectivity index (χ0) is 72.1. The Kier molecular flexibility index (Phi) is 23.9. The van der Waals surface area contributed by atoms with Gasteiger partial charge in [0.05, 0.1) is 45.2 Å². The minimum atomic E-state index is -2.32. The lowest BCUT2D eigenvalue weighted by Crippen LogP contribution is -2.67. The van der Waals surface area contributed by atoms with Gasteiger partial charge in [-0.3, -0.25) is 4.79 Å². The van der Waals surface area contributed by atoms with Gasteiger partial charge in [-0.15, -0.1) is 0 Å². The van der Waals surface area contributed by atoms with E-state index < -0.39 is 251 Å². The molecular weight excluding hydrogens is 1320 g/mol. The normalized spacial score (nSPS) is 52.9. The second kappa shape index (κ2) is 30.3. The number of carbonyl (C=O) groups excluding carboxylic acids is 1. The molecule has 1 spiro atoms. The summed E-state index contributed by atoms with van der Waals surface area (Å²) >= 11 is 0. The maximum absolute atomic E-state index is 14.6. The van der Waals surface area contributed by atoms with Crippen LogP contribution in [0, 0.1) is 45.3 Å². The van der Waals surface area contributed by atoms with Gasteiger partial charge in [-0.05, 0) is 92.3 Å². The van der Waals surface area contributed by atoms with Crippen LogP contribution in [0.1, 0.15) is 106 Å². The van der Waals surface area contributed by atoms with E-state index in [0.717, 1.165) is 38.4 Å². The molecule has 0 aromatic carbocycles. The zero-order valence-electron chi connectivity index (χ0n) is 57.3. The summed E-state index contributed by atoms with van der Waals surface area (Å²) in [6.45, 7) is 10.9. The summed E-state index contributed by atoms with van der Waals surface area (Å²) in [6.07, 6.45) is -46.1. The molecular formula is C66H108O33. The highest BCUT2D eigenvalue weighted by molar-refractivity contribution is 5.84. The average Bonchev–Trinajstić information content (AvgIpc) is 1.52. The molecule has 99 heavy (non-hydrogen) atoms. The highest BCUT2D eigenvalue weighted by atomic mass is 16.8. The summed E-state index contributed by atoms with van der Waals surface area (Å²) in [5.41, 5.74) is -2.65. The van der Waals surface area contributed by atoms with E-state index in [-0.39, 0.29) is 23.7 Å². The molecule has 7 unspecified atom stereocenters. The van der Waals surface area contributed by atoms with Crippen LogP contribution in [0.4, 0.5) is 0 Å². The predicted molar refractivity (Wildman–Crippen MR) is 328 cm³/mol. The second-order valence-electron chi connectivity index (χ2n) is 30.9. The van der Waals surface area contributed by atoms with Gasteiger partial charge in [0.2, 0.25) is 0 Å². The summed E-state index contributed by atoms with van der Waals surface area (Å²) < 4.78 is 88.9. The Morgan fingerprint density at radius 1 is 0.495 bits per heavy atom. The van der Waals surface area contributed by atoms with Crippen LogP contribution in [-0.4, -0.2) is 336 Å². The number of carbonyl (C=O) groups is 1. The number of rotatable bonds is 22. The first-order valence-corrected chi connectivity index (χ1v) is 34.9. The van der Waals surface area contributed by atoms with Crippen molar-refractivity contribution in [3.63, 3.8) is 0 Å². The lowest BCUT2D eigenvalue weighted by atomic mass is 9.40. The molecule has 33 heteroatoms. The molecule has 570 valence electrons. The summed E-state index contributed by atoms with van der Waals surface area (Å²) in [7, 11) is 2.33. The van der Waals surface area contributed by atoms with Crippen LogP contribution in [0.3, 0.4) is 0 Å². The number of esters is 1. The Balaban J connectivity index is 0.839. The largest absolute Gasteiger partial charge is 0.459 e. The molecule has 11 aliphatic rings. The Labute approximate surface area is 573 Å². The van der Waals surface area contributed by atoms with Crippen molar-refractivity contribution in [2.75, 3.05) is 47.3 Å². The molecule has 38 atom stereocenters. The topological polar surface area (TPSA) is 499 Å². The van der Waals surface area contributed by atoms with Crippen molar-refractivity contribution in [2.45, 2.75) is 302 Å². The standard InChI is InChI=1S/C66H108O33/c1-25(2)11-10-16-65(7)34-14-18-64(6)26-12-13-33-62(3,4)36(15-17-63(33,5)27(26)19-35(71)66(34,64)61(84)99-65)93-60-53(41(76)32(24-87-60)92-56-46(81)50(39(74)30(22-69)88-56)94-57-44(79)48(85-8)37(72)28(20-67)89-57)97-55-43(78)42(77)52(54(83)98-55)96-59-47(82)51(40(75)31(23-70)91-59)95-58-45(80)49(86-9)38(73)29(21-68)90-58/h19,25-26,28-60,67-83H,10-18,20-24H2,1-9H3/t26-,28-,29-,30-,31-,32+,33+,34-,35?,36+,37-,38-,39-,40-,41+,42-,43-,44-,45-,46-,47-,48+,49+,50+,51+,52+,53-,54+,55?,56?,57?,58?,59?,60?,63-,64+,65+,66+/m1/s1. The first kappa shape index (κ1) is 78.1. The first-order valence-electron chi connectivity index (χ1n) is 34.9. The Morgan fingerprint density at radius 2 is 0.970 bits per heavy atom. The molecule has 0 aromatic rings. The van der Waals surface area contributed by atoms with Crippen LogP contribution in [-0.2, 0) is 75.8 Å². The molecule has 0 bridgehead atoms. The summed E-state index contributed by atoms with van der Waals surface area (Å²) in [6, 6.07) is 0. The molecule has 7 saturated heterocycles. The number of ether oxygens (including phenoxy) is 15. The number of fused-ring (bicyclic) bond motifs is 4. The van der Waals surface area contributed by atoms with E-state index in [1.165, 1.54) is 7.11 Å². The highest BCUT2D eigenvalue weighted by Crippen LogP contribution is 2.76. The molecule has 7 aliphatic heterocycles. The molecule has 3 saturated carbocycles. The fourth-order valence-electron chi connectivity index (χ4n) is 19.2.